The number of amides is 1. The molecule has 0 aromatic carbocycles. The van der Waals surface area contributed by atoms with Crippen LogP contribution in [-0.4, -0.2) is 21.9 Å². The van der Waals surface area contributed by atoms with Crippen molar-refractivity contribution in [1.82, 2.24) is 15.3 Å². The van der Waals surface area contributed by atoms with Crippen LogP contribution in [-0.2, 0) is 0 Å². The fourth-order valence-electron chi connectivity index (χ4n) is 2.06. The second-order valence-corrected chi connectivity index (χ2v) is 4.31. The lowest BCUT2D eigenvalue weighted by Crippen LogP contribution is -2.36. The van der Waals surface area contributed by atoms with Gasteiger partial charge in [0.1, 0.15) is 11.5 Å². The predicted molar refractivity (Wildman–Crippen MR) is 60.7 cm³/mol. The SMILES string of the molecule is CC1CCCC1NC(=O)c1cnc(N)cn1. The molecule has 86 valence electrons. The third-order valence-electron chi connectivity index (χ3n) is 3.08. The number of rotatable bonds is 2. The molecule has 1 heterocycles. The Labute approximate surface area is 94.5 Å². The van der Waals surface area contributed by atoms with Crippen molar-refractivity contribution in [3.05, 3.63) is 18.1 Å². The van der Waals surface area contributed by atoms with E-state index in [-0.39, 0.29) is 11.9 Å². The molecule has 0 saturated heterocycles. The minimum atomic E-state index is -0.161. The summed E-state index contributed by atoms with van der Waals surface area (Å²) in [5.74, 6) is 0.711. The number of carbonyl (C=O) groups excluding carboxylic acids is 1. The highest BCUT2D eigenvalue weighted by atomic mass is 16.1. The van der Waals surface area contributed by atoms with Gasteiger partial charge in [-0.2, -0.15) is 0 Å². The lowest BCUT2D eigenvalue weighted by molar-refractivity contribution is 0.0924. The van der Waals surface area contributed by atoms with Crippen LogP contribution < -0.4 is 11.1 Å². The number of nitrogens with two attached hydrogens (primary N) is 1. The van der Waals surface area contributed by atoms with Gasteiger partial charge in [0.15, 0.2) is 0 Å². The molecule has 1 aromatic rings. The standard InChI is InChI=1S/C11H16N4O/c1-7-3-2-4-8(7)15-11(16)9-5-14-10(12)6-13-9/h5-8H,2-4H2,1H3,(H2,12,14)(H,15,16). The normalized spacial score (nSPS) is 24.3. The molecule has 3 N–H and O–H groups in total. The average molecular weight is 220 g/mol. The van der Waals surface area contributed by atoms with Gasteiger partial charge < -0.3 is 11.1 Å². The van der Waals surface area contributed by atoms with Gasteiger partial charge in [-0.05, 0) is 18.8 Å². The summed E-state index contributed by atoms with van der Waals surface area (Å²) in [6.07, 6.45) is 6.21. The Morgan fingerprint density at radius 3 is 2.81 bits per heavy atom. The fourth-order valence-corrected chi connectivity index (χ4v) is 2.06. The van der Waals surface area contributed by atoms with Gasteiger partial charge in [-0.1, -0.05) is 13.3 Å². The highest BCUT2D eigenvalue weighted by molar-refractivity contribution is 5.92. The van der Waals surface area contributed by atoms with E-state index in [9.17, 15) is 4.79 Å². The summed E-state index contributed by atoms with van der Waals surface area (Å²) in [4.78, 5) is 19.6. The van der Waals surface area contributed by atoms with E-state index in [1.807, 2.05) is 0 Å². The van der Waals surface area contributed by atoms with Crippen molar-refractivity contribution in [2.45, 2.75) is 32.2 Å². The quantitative estimate of drug-likeness (QED) is 0.778. The third kappa shape index (κ3) is 2.29. The zero-order chi connectivity index (χ0) is 11.5. The van der Waals surface area contributed by atoms with Gasteiger partial charge in [0.25, 0.3) is 5.91 Å². The summed E-state index contributed by atoms with van der Waals surface area (Å²) >= 11 is 0. The number of nitrogen functional groups attached to an aromatic ring is 1. The Hall–Kier alpha value is -1.65. The van der Waals surface area contributed by atoms with E-state index in [1.54, 1.807) is 0 Å². The van der Waals surface area contributed by atoms with Crippen LogP contribution in [0.2, 0.25) is 0 Å². The van der Waals surface area contributed by atoms with Crippen LogP contribution in [0.1, 0.15) is 36.7 Å². The van der Waals surface area contributed by atoms with Gasteiger partial charge in [-0.15, -0.1) is 0 Å². The zero-order valence-corrected chi connectivity index (χ0v) is 9.31. The minimum Gasteiger partial charge on any atom is -0.382 e. The third-order valence-corrected chi connectivity index (χ3v) is 3.08. The molecule has 1 aliphatic carbocycles. The molecule has 16 heavy (non-hydrogen) atoms. The van der Waals surface area contributed by atoms with Crippen molar-refractivity contribution in [2.24, 2.45) is 5.92 Å². The summed E-state index contributed by atoms with van der Waals surface area (Å²) in [6, 6.07) is 0.270. The van der Waals surface area contributed by atoms with Crippen LogP contribution in [0.15, 0.2) is 12.4 Å². The van der Waals surface area contributed by atoms with E-state index in [2.05, 4.69) is 22.2 Å². The molecule has 5 heteroatoms. The Kier molecular flexibility index (Phi) is 3.03. The summed E-state index contributed by atoms with van der Waals surface area (Å²) in [6.45, 7) is 2.16. The Balaban J connectivity index is 2.00. The summed E-state index contributed by atoms with van der Waals surface area (Å²) in [5, 5.41) is 2.98. The number of aromatic nitrogens is 2. The van der Waals surface area contributed by atoms with Crippen molar-refractivity contribution in [3.8, 4) is 0 Å². The van der Waals surface area contributed by atoms with Crippen molar-refractivity contribution in [3.63, 3.8) is 0 Å². The lowest BCUT2D eigenvalue weighted by Gasteiger charge is -2.16. The van der Waals surface area contributed by atoms with E-state index >= 15 is 0 Å². The first-order valence-corrected chi connectivity index (χ1v) is 5.55. The molecule has 0 radical (unpaired) electrons. The maximum atomic E-state index is 11.8. The molecule has 5 nitrogen and oxygen atoms in total. The Morgan fingerprint density at radius 2 is 2.25 bits per heavy atom. The first kappa shape index (κ1) is 10.9. The van der Waals surface area contributed by atoms with E-state index in [1.165, 1.54) is 25.2 Å². The van der Waals surface area contributed by atoms with Gasteiger partial charge in [0.05, 0.1) is 12.4 Å². The predicted octanol–water partition coefficient (Wildman–Crippen LogP) is 0.977. The summed E-state index contributed by atoms with van der Waals surface area (Å²) in [5.41, 5.74) is 5.73. The lowest BCUT2D eigenvalue weighted by atomic mass is 10.1. The van der Waals surface area contributed by atoms with Crippen LogP contribution >= 0.6 is 0 Å². The van der Waals surface area contributed by atoms with E-state index < -0.39 is 0 Å². The number of carbonyl (C=O) groups is 1. The number of hydrogen-bond acceptors (Lipinski definition) is 4. The second-order valence-electron chi connectivity index (χ2n) is 4.31. The van der Waals surface area contributed by atoms with Crippen LogP contribution in [0.5, 0.6) is 0 Å². The Bertz CT molecular complexity index is 376. The van der Waals surface area contributed by atoms with Crippen LogP contribution in [0.3, 0.4) is 0 Å². The summed E-state index contributed by atoms with van der Waals surface area (Å²) < 4.78 is 0. The molecule has 2 atom stereocenters. The largest absolute Gasteiger partial charge is 0.382 e. The average Bonchev–Trinajstić information content (AvgIpc) is 2.65. The topological polar surface area (TPSA) is 80.9 Å². The van der Waals surface area contributed by atoms with Gasteiger partial charge in [-0.3, -0.25) is 4.79 Å². The minimum absolute atomic E-state index is 0.161. The van der Waals surface area contributed by atoms with Gasteiger partial charge in [-0.25, -0.2) is 9.97 Å². The van der Waals surface area contributed by atoms with E-state index in [4.69, 9.17) is 5.73 Å². The monoisotopic (exact) mass is 220 g/mol. The van der Waals surface area contributed by atoms with Crippen LogP contribution in [0.4, 0.5) is 5.82 Å². The number of nitrogens with one attached hydrogen (secondary N) is 1. The molecule has 1 saturated carbocycles. The van der Waals surface area contributed by atoms with Gasteiger partial charge >= 0.3 is 0 Å². The van der Waals surface area contributed by atoms with Crippen LogP contribution in [0, 0.1) is 5.92 Å². The highest BCUT2D eigenvalue weighted by Crippen LogP contribution is 2.24. The maximum absolute atomic E-state index is 11.8. The molecule has 0 spiro atoms. The first-order chi connectivity index (χ1) is 7.66. The number of hydrogen-bond donors (Lipinski definition) is 2. The second kappa shape index (κ2) is 4.47. The molecule has 1 aromatic heterocycles. The maximum Gasteiger partial charge on any atom is 0.271 e. The van der Waals surface area contributed by atoms with E-state index in [0.717, 1.165) is 6.42 Å². The van der Waals surface area contributed by atoms with Crippen molar-refractivity contribution in [1.29, 1.82) is 0 Å². The molecular weight excluding hydrogens is 204 g/mol. The van der Waals surface area contributed by atoms with Crippen molar-refractivity contribution >= 4 is 11.7 Å². The zero-order valence-electron chi connectivity index (χ0n) is 9.31. The van der Waals surface area contributed by atoms with Crippen molar-refractivity contribution < 1.29 is 4.79 Å². The van der Waals surface area contributed by atoms with Gasteiger partial charge in [0.2, 0.25) is 0 Å². The first-order valence-electron chi connectivity index (χ1n) is 5.55. The van der Waals surface area contributed by atoms with Crippen LogP contribution in [0.25, 0.3) is 0 Å². The molecular formula is C11H16N4O. The smallest absolute Gasteiger partial charge is 0.271 e. The molecule has 2 rings (SSSR count). The molecule has 0 bridgehead atoms. The fraction of sp³-hybridized carbons (Fsp3) is 0.545. The van der Waals surface area contributed by atoms with Gasteiger partial charge in [0, 0.05) is 6.04 Å². The molecule has 1 amide bonds. The molecule has 1 aliphatic rings. The molecule has 0 aliphatic heterocycles. The molecule has 2 unspecified atom stereocenters. The number of anilines is 1. The van der Waals surface area contributed by atoms with E-state index in [0.29, 0.717) is 17.4 Å². The summed E-state index contributed by atoms with van der Waals surface area (Å²) in [7, 11) is 0. The number of nitrogens with zero attached hydrogens (tertiary/aromatic N) is 2. The highest BCUT2D eigenvalue weighted by Gasteiger charge is 2.25. The van der Waals surface area contributed by atoms with Crippen molar-refractivity contribution in [2.75, 3.05) is 5.73 Å². The Morgan fingerprint density at radius 1 is 1.44 bits per heavy atom. The molecule has 1 fully saturated rings.